The molecule has 3 aliphatic carbocycles. The molecule has 3 saturated carbocycles. The number of fused-ring (bicyclic) bond motifs is 1. The van der Waals surface area contributed by atoms with E-state index in [9.17, 15) is 35.9 Å². The van der Waals surface area contributed by atoms with Crippen LogP contribution in [0, 0.1) is 17.8 Å². The van der Waals surface area contributed by atoms with Crippen LogP contribution in [-0.4, -0.2) is 44.7 Å². The van der Waals surface area contributed by atoms with E-state index in [-0.39, 0.29) is 43.9 Å². The van der Waals surface area contributed by atoms with E-state index >= 15 is 0 Å². The number of hydrogen-bond acceptors (Lipinski definition) is 4. The summed E-state index contributed by atoms with van der Waals surface area (Å²) in [6.45, 7) is 0. The maximum Gasteiger partial charge on any atom is 0.389 e. The van der Waals surface area contributed by atoms with Crippen LogP contribution in [0.4, 0.5) is 26.3 Å². The molecule has 0 aromatic carbocycles. The highest BCUT2D eigenvalue weighted by Crippen LogP contribution is 2.43. The Morgan fingerprint density at radius 1 is 1.08 bits per heavy atom. The first kappa shape index (κ1) is 26.7. The van der Waals surface area contributed by atoms with Crippen molar-refractivity contribution in [1.82, 2.24) is 25.2 Å². The highest BCUT2D eigenvalue weighted by Gasteiger charge is 2.46. The maximum atomic E-state index is 13.8. The summed E-state index contributed by atoms with van der Waals surface area (Å²) in [5.41, 5.74) is 1.38. The molecule has 4 atom stereocenters. The molecule has 13 heteroatoms. The zero-order valence-corrected chi connectivity index (χ0v) is 20.5. The number of hydrogen-bond donors (Lipinski definition) is 2. The fourth-order valence-corrected chi connectivity index (χ4v) is 5.16. The average Bonchev–Trinajstić information content (AvgIpc) is 3.77. The van der Waals surface area contributed by atoms with Crippen molar-refractivity contribution in [2.24, 2.45) is 17.8 Å². The lowest BCUT2D eigenvalue weighted by atomic mass is 9.81. The van der Waals surface area contributed by atoms with Gasteiger partial charge in [-0.15, -0.1) is 0 Å². The molecule has 38 heavy (non-hydrogen) atoms. The monoisotopic (exact) mass is 545 g/mol. The third-order valence-electron chi connectivity index (χ3n) is 7.66. The number of aromatic nitrogens is 3. The van der Waals surface area contributed by atoms with Gasteiger partial charge in [0.15, 0.2) is 5.65 Å². The minimum atomic E-state index is -4.43. The van der Waals surface area contributed by atoms with Crippen LogP contribution in [0.3, 0.4) is 0 Å². The summed E-state index contributed by atoms with van der Waals surface area (Å²) in [5, 5.41) is 9.86. The highest BCUT2D eigenvalue weighted by atomic mass is 19.4. The lowest BCUT2D eigenvalue weighted by Crippen LogP contribution is -2.38. The smallest absolute Gasteiger partial charge is 0.349 e. The molecule has 0 radical (unpaired) electrons. The van der Waals surface area contributed by atoms with E-state index in [0.29, 0.717) is 16.9 Å². The first-order chi connectivity index (χ1) is 17.9. The van der Waals surface area contributed by atoms with Crippen molar-refractivity contribution in [2.75, 3.05) is 0 Å². The molecular formula is C25H29F6N5O2. The van der Waals surface area contributed by atoms with Crippen molar-refractivity contribution >= 4 is 17.5 Å². The van der Waals surface area contributed by atoms with E-state index in [2.05, 4.69) is 20.7 Å². The lowest BCUT2D eigenvalue weighted by molar-refractivity contribution is -0.144. The Hall–Kier alpha value is -2.86. The topological polar surface area (TPSA) is 88.4 Å². The molecular weight excluding hydrogens is 516 g/mol. The molecule has 208 valence electrons. The van der Waals surface area contributed by atoms with E-state index in [4.69, 9.17) is 0 Å². The molecule has 7 nitrogen and oxygen atoms in total. The Bertz CT molecular complexity index is 1190. The molecule has 2 heterocycles. The van der Waals surface area contributed by atoms with Crippen molar-refractivity contribution in [3.63, 3.8) is 0 Å². The zero-order valence-electron chi connectivity index (χ0n) is 20.5. The van der Waals surface area contributed by atoms with Gasteiger partial charge in [0.25, 0.3) is 0 Å². The molecule has 0 saturated heterocycles. The van der Waals surface area contributed by atoms with Gasteiger partial charge in [0.2, 0.25) is 17.7 Å². The van der Waals surface area contributed by atoms with E-state index in [1.165, 1.54) is 10.7 Å². The molecule has 3 fully saturated rings. The van der Waals surface area contributed by atoms with E-state index < -0.39 is 60.9 Å². The molecule has 2 aromatic rings. The van der Waals surface area contributed by atoms with Gasteiger partial charge in [-0.3, -0.25) is 9.59 Å². The first-order valence-corrected chi connectivity index (χ1v) is 12.9. The number of imidazole rings is 1. The molecule has 1 unspecified atom stereocenters. The van der Waals surface area contributed by atoms with Gasteiger partial charge in [-0.05, 0) is 55.6 Å². The number of nitrogens with zero attached hydrogens (tertiary/aromatic N) is 3. The predicted octanol–water partition coefficient (Wildman–Crippen LogP) is 4.98. The number of amides is 2. The van der Waals surface area contributed by atoms with Crippen molar-refractivity contribution < 1.29 is 35.9 Å². The highest BCUT2D eigenvalue weighted by molar-refractivity contribution is 5.82. The van der Waals surface area contributed by atoms with Gasteiger partial charge in [-0.25, -0.2) is 22.7 Å². The summed E-state index contributed by atoms with van der Waals surface area (Å²) in [5.74, 6) is -4.92. The SMILES string of the molecule is O=C(CCC(F)(F)F)NC(c1cnn2cc([C@@H](NC(=O)[C@H]3C[C@H]3F)C3CCC(F)(F)CC3)nc2c1)C1CC1. The summed E-state index contributed by atoms with van der Waals surface area (Å²) in [6.07, 6.45) is -2.94. The van der Waals surface area contributed by atoms with Crippen LogP contribution in [-0.2, 0) is 9.59 Å². The van der Waals surface area contributed by atoms with Gasteiger partial charge < -0.3 is 10.6 Å². The number of rotatable bonds is 9. The third kappa shape index (κ3) is 6.40. The fourth-order valence-electron chi connectivity index (χ4n) is 5.16. The number of nitrogens with one attached hydrogen (secondary N) is 2. The second-order valence-corrected chi connectivity index (χ2v) is 10.8. The van der Waals surface area contributed by atoms with E-state index in [1.54, 1.807) is 12.3 Å². The number of halogens is 6. The van der Waals surface area contributed by atoms with E-state index in [1.807, 2.05) is 0 Å². The second-order valence-electron chi connectivity index (χ2n) is 10.8. The maximum absolute atomic E-state index is 13.8. The molecule has 0 spiro atoms. The summed E-state index contributed by atoms with van der Waals surface area (Å²) in [4.78, 5) is 29.4. The van der Waals surface area contributed by atoms with E-state index in [0.717, 1.165) is 12.8 Å². The molecule has 0 bridgehead atoms. The van der Waals surface area contributed by atoms with Gasteiger partial charge in [-0.1, -0.05) is 0 Å². The number of carbonyl (C=O) groups excluding carboxylic acids is 2. The normalized spacial score (nSPS) is 25.1. The van der Waals surface area contributed by atoms with Gasteiger partial charge in [0, 0.05) is 19.3 Å². The second kappa shape index (κ2) is 10.0. The summed E-state index contributed by atoms with van der Waals surface area (Å²) in [6, 6.07) is 0.467. The minimum Gasteiger partial charge on any atom is -0.349 e. The van der Waals surface area contributed by atoms with Gasteiger partial charge in [-0.2, -0.15) is 18.3 Å². The van der Waals surface area contributed by atoms with Crippen LogP contribution in [0.15, 0.2) is 18.5 Å². The molecule has 3 aliphatic rings. The fraction of sp³-hybridized carbons (Fsp3) is 0.680. The van der Waals surface area contributed by atoms with Crippen molar-refractivity contribution in [2.45, 2.75) is 88.1 Å². The van der Waals surface area contributed by atoms with Crippen molar-refractivity contribution in [1.29, 1.82) is 0 Å². The first-order valence-electron chi connectivity index (χ1n) is 12.9. The molecule has 0 aliphatic heterocycles. The summed E-state index contributed by atoms with van der Waals surface area (Å²) < 4.78 is 80.1. The Balaban J connectivity index is 1.36. The van der Waals surface area contributed by atoms with Gasteiger partial charge in [0.05, 0.1) is 42.5 Å². The largest absolute Gasteiger partial charge is 0.389 e. The Morgan fingerprint density at radius 3 is 2.34 bits per heavy atom. The van der Waals surface area contributed by atoms with Crippen LogP contribution in [0.1, 0.15) is 81.1 Å². The van der Waals surface area contributed by atoms with Crippen LogP contribution >= 0.6 is 0 Å². The van der Waals surface area contributed by atoms with Crippen LogP contribution < -0.4 is 10.6 Å². The number of alkyl halides is 6. The molecule has 2 aromatic heterocycles. The van der Waals surface area contributed by atoms with Crippen LogP contribution in [0.2, 0.25) is 0 Å². The summed E-state index contributed by atoms with van der Waals surface area (Å²) in [7, 11) is 0. The number of carbonyl (C=O) groups is 2. The van der Waals surface area contributed by atoms with Crippen LogP contribution in [0.25, 0.3) is 5.65 Å². The summed E-state index contributed by atoms with van der Waals surface area (Å²) >= 11 is 0. The molecule has 5 rings (SSSR count). The predicted molar refractivity (Wildman–Crippen MR) is 123 cm³/mol. The van der Waals surface area contributed by atoms with Gasteiger partial charge in [0.1, 0.15) is 6.17 Å². The Labute approximate surface area is 214 Å². The third-order valence-corrected chi connectivity index (χ3v) is 7.66. The van der Waals surface area contributed by atoms with Crippen molar-refractivity contribution in [3.8, 4) is 0 Å². The molecule has 2 amide bonds. The standard InChI is InChI=1S/C25H29F6N5O2/c26-17-10-16(17)23(38)35-22(14-3-6-24(27,28)7-4-14)18-12-36-19(33-18)9-15(11-32-36)21(13-1-2-13)34-20(37)5-8-25(29,30)31/h9,11-14,16-17,21-22H,1-8,10H2,(H,34,37)(H,35,38)/t16-,17+,21?,22-/m0/s1. The zero-order chi connectivity index (χ0) is 27.2. The van der Waals surface area contributed by atoms with Crippen molar-refractivity contribution in [3.05, 3.63) is 29.7 Å². The average molecular weight is 546 g/mol. The van der Waals surface area contributed by atoms with Gasteiger partial charge >= 0.3 is 6.18 Å². The molecule has 2 N–H and O–H groups in total. The quantitative estimate of drug-likeness (QED) is 0.435. The minimum absolute atomic E-state index is 0.0756. The lowest BCUT2D eigenvalue weighted by Gasteiger charge is -2.33. The van der Waals surface area contributed by atoms with Crippen LogP contribution in [0.5, 0.6) is 0 Å². The Morgan fingerprint density at radius 2 is 1.74 bits per heavy atom. The Kier molecular flexibility index (Phi) is 7.06.